The van der Waals surface area contributed by atoms with Gasteiger partial charge in [-0.05, 0) is 67.3 Å². The lowest BCUT2D eigenvalue weighted by Gasteiger charge is -2.33. The number of rotatable bonds is 7. The second-order valence-electron chi connectivity index (χ2n) is 8.54. The lowest BCUT2D eigenvalue weighted by atomic mass is 9.90. The Balaban J connectivity index is 1.37. The van der Waals surface area contributed by atoms with Crippen molar-refractivity contribution in [3.05, 3.63) is 42.0 Å². The summed E-state index contributed by atoms with van der Waals surface area (Å²) in [4.78, 5) is 29.0. The molecule has 8 heteroatoms. The van der Waals surface area contributed by atoms with Crippen LogP contribution in [0.2, 0.25) is 0 Å². The summed E-state index contributed by atoms with van der Waals surface area (Å²) in [6.07, 6.45) is 4.56. The number of amides is 2. The van der Waals surface area contributed by atoms with Crippen molar-refractivity contribution in [1.82, 2.24) is 4.90 Å². The second kappa shape index (κ2) is 9.55. The van der Waals surface area contributed by atoms with Gasteiger partial charge in [0.15, 0.2) is 11.5 Å². The summed E-state index contributed by atoms with van der Waals surface area (Å²) in [6, 6.07) is 11.3. The average molecular weight is 471 g/mol. The number of likely N-dealkylation sites (tertiary alicyclic amines) is 1. The number of carbonyl (C=O) groups is 2. The maximum Gasteiger partial charge on any atom is 0.254 e. The van der Waals surface area contributed by atoms with Crippen LogP contribution in [-0.4, -0.2) is 57.4 Å². The molecule has 0 radical (unpaired) electrons. The van der Waals surface area contributed by atoms with Crippen molar-refractivity contribution < 1.29 is 23.8 Å². The van der Waals surface area contributed by atoms with E-state index in [2.05, 4.69) is 5.32 Å². The van der Waals surface area contributed by atoms with E-state index in [1.54, 1.807) is 23.9 Å². The van der Waals surface area contributed by atoms with Crippen molar-refractivity contribution in [3.8, 4) is 17.2 Å². The molecule has 176 valence electrons. The molecule has 1 N–H and O–H groups in total. The minimum Gasteiger partial charge on any atom is -0.493 e. The van der Waals surface area contributed by atoms with Gasteiger partial charge in [-0.1, -0.05) is 0 Å². The highest BCUT2D eigenvalue weighted by atomic mass is 32.2. The van der Waals surface area contributed by atoms with E-state index in [4.69, 9.17) is 14.2 Å². The summed E-state index contributed by atoms with van der Waals surface area (Å²) in [5, 5.41) is 3.05. The van der Waals surface area contributed by atoms with Crippen molar-refractivity contribution in [2.75, 3.05) is 46.0 Å². The number of hydrogen-bond acceptors (Lipinski definition) is 6. The molecule has 4 rings (SSSR count). The van der Waals surface area contributed by atoms with Gasteiger partial charge < -0.3 is 24.4 Å². The Morgan fingerprint density at radius 3 is 2.12 bits per heavy atom. The third kappa shape index (κ3) is 4.62. The summed E-state index contributed by atoms with van der Waals surface area (Å²) >= 11 is 1.67. The highest BCUT2D eigenvalue weighted by Gasteiger charge is 2.58. The Hall–Kier alpha value is -2.87. The number of anilines is 1. The predicted molar refractivity (Wildman–Crippen MR) is 129 cm³/mol. The number of nitrogens with zero attached hydrogens (tertiary/aromatic N) is 1. The largest absolute Gasteiger partial charge is 0.493 e. The SMILES string of the molecule is COc1cc(C(=O)N2CCC3(CC2)CC3C(=O)Nc2ccc(SC)cc2)cc(OC)c1OC. The molecule has 1 spiro atoms. The summed E-state index contributed by atoms with van der Waals surface area (Å²) in [7, 11) is 4.60. The van der Waals surface area contributed by atoms with Crippen molar-refractivity contribution in [1.29, 1.82) is 0 Å². The Morgan fingerprint density at radius 2 is 1.61 bits per heavy atom. The molecule has 1 atom stereocenters. The number of nitrogens with one attached hydrogen (secondary N) is 1. The van der Waals surface area contributed by atoms with Gasteiger partial charge in [-0.25, -0.2) is 0 Å². The fourth-order valence-corrected chi connectivity index (χ4v) is 5.13. The molecule has 2 fully saturated rings. The fraction of sp³-hybridized carbons (Fsp3) is 0.440. The van der Waals surface area contributed by atoms with E-state index in [0.29, 0.717) is 35.9 Å². The van der Waals surface area contributed by atoms with E-state index in [9.17, 15) is 9.59 Å². The first-order valence-corrected chi connectivity index (χ1v) is 12.2. The van der Waals surface area contributed by atoms with E-state index in [0.717, 1.165) is 24.9 Å². The molecule has 0 aromatic heterocycles. The van der Waals surface area contributed by atoms with Gasteiger partial charge in [-0.15, -0.1) is 11.8 Å². The van der Waals surface area contributed by atoms with Crippen molar-refractivity contribution >= 4 is 29.3 Å². The average Bonchev–Trinajstić information content (AvgIpc) is 3.56. The van der Waals surface area contributed by atoms with Gasteiger partial charge in [0.1, 0.15) is 0 Å². The van der Waals surface area contributed by atoms with Crippen LogP contribution in [0.3, 0.4) is 0 Å². The van der Waals surface area contributed by atoms with Crippen LogP contribution in [0.5, 0.6) is 17.2 Å². The number of carbonyl (C=O) groups excluding carboxylic acids is 2. The van der Waals surface area contributed by atoms with Crippen LogP contribution in [0.15, 0.2) is 41.3 Å². The van der Waals surface area contributed by atoms with Crippen LogP contribution in [0.1, 0.15) is 29.6 Å². The van der Waals surface area contributed by atoms with Crippen LogP contribution in [-0.2, 0) is 4.79 Å². The van der Waals surface area contributed by atoms with Crippen LogP contribution in [0.25, 0.3) is 0 Å². The molecule has 1 heterocycles. The van der Waals surface area contributed by atoms with Crippen LogP contribution < -0.4 is 19.5 Å². The topological polar surface area (TPSA) is 77.1 Å². The van der Waals surface area contributed by atoms with E-state index in [-0.39, 0.29) is 23.1 Å². The summed E-state index contributed by atoms with van der Waals surface area (Å²) in [5.74, 6) is 1.40. The quantitative estimate of drug-likeness (QED) is 0.608. The van der Waals surface area contributed by atoms with Gasteiger partial charge in [0.2, 0.25) is 11.7 Å². The molecule has 1 aliphatic carbocycles. The first kappa shape index (κ1) is 23.3. The van der Waals surface area contributed by atoms with E-state index < -0.39 is 0 Å². The van der Waals surface area contributed by atoms with Crippen LogP contribution in [0.4, 0.5) is 5.69 Å². The van der Waals surface area contributed by atoms with Gasteiger partial charge in [-0.2, -0.15) is 0 Å². The Bertz CT molecular complexity index is 1010. The molecular formula is C25H30N2O5S. The molecule has 1 saturated carbocycles. The first-order valence-electron chi connectivity index (χ1n) is 11.0. The molecule has 33 heavy (non-hydrogen) atoms. The molecular weight excluding hydrogens is 440 g/mol. The van der Waals surface area contributed by atoms with E-state index in [1.165, 1.54) is 26.2 Å². The first-order chi connectivity index (χ1) is 15.9. The van der Waals surface area contributed by atoms with Gasteiger partial charge in [-0.3, -0.25) is 9.59 Å². The van der Waals surface area contributed by atoms with E-state index >= 15 is 0 Å². The zero-order chi connectivity index (χ0) is 23.6. The van der Waals surface area contributed by atoms with Crippen molar-refractivity contribution in [3.63, 3.8) is 0 Å². The highest BCUT2D eigenvalue weighted by molar-refractivity contribution is 7.98. The minimum atomic E-state index is -0.0698. The maximum absolute atomic E-state index is 13.2. The van der Waals surface area contributed by atoms with Gasteiger partial charge in [0, 0.05) is 35.2 Å². The molecule has 2 amide bonds. The lowest BCUT2D eigenvalue weighted by Crippen LogP contribution is -2.40. The van der Waals surface area contributed by atoms with Crippen molar-refractivity contribution in [2.24, 2.45) is 11.3 Å². The Kier molecular flexibility index (Phi) is 6.74. The molecule has 2 aliphatic rings. The molecule has 2 aromatic rings. The lowest BCUT2D eigenvalue weighted by molar-refractivity contribution is -0.118. The molecule has 2 aromatic carbocycles. The summed E-state index contributed by atoms with van der Waals surface area (Å²) < 4.78 is 16.1. The monoisotopic (exact) mass is 470 g/mol. The number of piperidine rings is 1. The maximum atomic E-state index is 13.2. The number of hydrogen-bond donors (Lipinski definition) is 1. The molecule has 1 saturated heterocycles. The highest BCUT2D eigenvalue weighted by Crippen LogP contribution is 2.59. The Labute approximate surface area is 198 Å². The van der Waals surface area contributed by atoms with Gasteiger partial charge in [0.25, 0.3) is 5.91 Å². The minimum absolute atomic E-state index is 0.00929. The summed E-state index contributed by atoms with van der Waals surface area (Å²) in [6.45, 7) is 1.25. The Morgan fingerprint density at radius 1 is 1.00 bits per heavy atom. The van der Waals surface area contributed by atoms with Crippen LogP contribution in [0, 0.1) is 11.3 Å². The zero-order valence-corrected chi connectivity index (χ0v) is 20.3. The predicted octanol–water partition coefficient (Wildman–Crippen LogP) is 4.32. The van der Waals surface area contributed by atoms with Gasteiger partial charge in [0.05, 0.1) is 21.3 Å². The molecule has 7 nitrogen and oxygen atoms in total. The zero-order valence-electron chi connectivity index (χ0n) is 19.5. The third-order valence-electron chi connectivity index (χ3n) is 6.82. The summed E-state index contributed by atoms with van der Waals surface area (Å²) in [5.41, 5.74) is 1.34. The van der Waals surface area contributed by atoms with Crippen molar-refractivity contribution in [2.45, 2.75) is 24.2 Å². The van der Waals surface area contributed by atoms with Gasteiger partial charge >= 0.3 is 0 Å². The van der Waals surface area contributed by atoms with Crippen LogP contribution >= 0.6 is 11.8 Å². The normalized spacial score (nSPS) is 18.5. The van der Waals surface area contributed by atoms with E-state index in [1.807, 2.05) is 35.4 Å². The molecule has 1 aliphatic heterocycles. The number of thioether (sulfide) groups is 1. The third-order valence-corrected chi connectivity index (χ3v) is 7.57. The smallest absolute Gasteiger partial charge is 0.254 e. The second-order valence-corrected chi connectivity index (χ2v) is 9.42. The number of ether oxygens (including phenoxy) is 3. The number of benzene rings is 2. The fourth-order valence-electron chi connectivity index (χ4n) is 4.72. The number of methoxy groups -OCH3 is 3. The molecule has 1 unspecified atom stereocenters. The molecule has 0 bridgehead atoms. The standard InChI is InChI=1S/C25H30N2O5S/c1-30-20-13-16(14-21(31-2)22(20)32-3)24(29)27-11-9-25(10-12-27)15-19(25)23(28)26-17-5-7-18(33-4)8-6-17/h5-8,13-14,19H,9-12,15H2,1-4H3,(H,26,28).